The Bertz CT molecular complexity index is 384. The van der Waals surface area contributed by atoms with Crippen molar-refractivity contribution in [2.45, 2.75) is 0 Å². The number of carbonyl (C=O) groups excluding carboxylic acids is 1. The number of rotatable bonds is 2. The summed E-state index contributed by atoms with van der Waals surface area (Å²) in [7, 11) is 0. The molecule has 4 heteroatoms. The molecule has 0 unspecified atom stereocenters. The number of hydrogen-bond acceptors (Lipinski definition) is 3. The number of amides is 1. The summed E-state index contributed by atoms with van der Waals surface area (Å²) in [6, 6.07) is 7.18. The highest BCUT2D eigenvalue weighted by molar-refractivity contribution is 5.99. The minimum atomic E-state index is -0.0458. The first-order valence-corrected chi connectivity index (χ1v) is 4.75. The quantitative estimate of drug-likeness (QED) is 0.684. The predicted octanol–water partition coefficient (Wildman–Crippen LogP) is 1.45. The zero-order valence-electron chi connectivity index (χ0n) is 8.35. The molecule has 1 saturated heterocycles. The molecule has 4 nitrogen and oxygen atoms in total. The molecule has 1 amide bonds. The molecule has 0 N–H and O–H groups in total. The molecule has 1 fully saturated rings. The van der Waals surface area contributed by atoms with Gasteiger partial charge in [0.1, 0.15) is 6.73 Å². The number of para-hydroxylation sites is 1. The molecule has 78 valence electrons. The number of carbonyl (C=O) groups is 1. The van der Waals surface area contributed by atoms with E-state index in [2.05, 4.69) is 11.7 Å². The van der Waals surface area contributed by atoms with Gasteiger partial charge in [0.25, 0.3) is 5.91 Å². The fourth-order valence-electron chi connectivity index (χ4n) is 1.54. The third-order valence-electron chi connectivity index (χ3n) is 2.34. The first-order chi connectivity index (χ1) is 7.33. The maximum Gasteiger partial charge on any atom is 0.257 e. The topological polar surface area (TPSA) is 41.9 Å². The van der Waals surface area contributed by atoms with E-state index in [1.54, 1.807) is 17.0 Å². The second kappa shape index (κ2) is 4.23. The monoisotopic (exact) mass is 204 g/mol. The van der Waals surface area contributed by atoms with Crippen LogP contribution in [0, 0.1) is 0 Å². The molecule has 0 bridgehead atoms. The van der Waals surface area contributed by atoms with Crippen molar-refractivity contribution in [3.05, 3.63) is 29.8 Å². The fraction of sp³-hybridized carbons (Fsp3) is 0.273. The third kappa shape index (κ3) is 1.89. The largest absolute Gasteiger partial charge is 0.359 e. The van der Waals surface area contributed by atoms with E-state index in [1.165, 1.54) is 0 Å². The SMILES string of the molecule is C=Nc1ccccc1C(=O)N1CCOC1. The second-order valence-electron chi connectivity index (χ2n) is 3.28. The molecule has 2 rings (SSSR count). The lowest BCUT2D eigenvalue weighted by atomic mass is 10.1. The summed E-state index contributed by atoms with van der Waals surface area (Å²) in [6.45, 7) is 5.06. The fourth-order valence-corrected chi connectivity index (χ4v) is 1.54. The van der Waals surface area contributed by atoms with Gasteiger partial charge >= 0.3 is 0 Å². The number of aliphatic imine (C=N–C) groups is 1. The van der Waals surface area contributed by atoms with Crippen LogP contribution in [0.2, 0.25) is 0 Å². The molecule has 0 spiro atoms. The predicted molar refractivity (Wildman–Crippen MR) is 57.5 cm³/mol. The van der Waals surface area contributed by atoms with Crippen molar-refractivity contribution in [1.29, 1.82) is 0 Å². The molecule has 15 heavy (non-hydrogen) atoms. The van der Waals surface area contributed by atoms with Crippen LogP contribution in [0.3, 0.4) is 0 Å². The molecule has 1 aliphatic rings. The van der Waals surface area contributed by atoms with E-state index < -0.39 is 0 Å². The zero-order chi connectivity index (χ0) is 10.7. The first kappa shape index (κ1) is 9.86. The Morgan fingerprint density at radius 3 is 2.93 bits per heavy atom. The van der Waals surface area contributed by atoms with Gasteiger partial charge in [0.2, 0.25) is 0 Å². The molecule has 1 aromatic carbocycles. The summed E-state index contributed by atoms with van der Waals surface area (Å²) in [6.07, 6.45) is 0. The molecular formula is C11H12N2O2. The highest BCUT2D eigenvalue weighted by Gasteiger charge is 2.21. The summed E-state index contributed by atoms with van der Waals surface area (Å²) in [5.41, 5.74) is 1.20. The molecule has 0 atom stereocenters. The molecule has 0 radical (unpaired) electrons. The Hall–Kier alpha value is -1.68. The standard InChI is InChI=1S/C11H12N2O2/c1-12-10-5-3-2-4-9(10)11(14)13-6-7-15-8-13/h2-5H,1,6-8H2. The van der Waals surface area contributed by atoms with Gasteiger partial charge in [-0.05, 0) is 18.9 Å². The lowest BCUT2D eigenvalue weighted by molar-refractivity contribution is 0.0696. The smallest absolute Gasteiger partial charge is 0.257 e. The van der Waals surface area contributed by atoms with Gasteiger partial charge in [-0.15, -0.1) is 0 Å². The van der Waals surface area contributed by atoms with Crippen LogP contribution in [0.15, 0.2) is 29.3 Å². The van der Waals surface area contributed by atoms with Crippen LogP contribution in [-0.4, -0.2) is 37.4 Å². The van der Waals surface area contributed by atoms with Gasteiger partial charge in [0.05, 0.1) is 17.9 Å². The first-order valence-electron chi connectivity index (χ1n) is 4.75. The van der Waals surface area contributed by atoms with E-state index in [-0.39, 0.29) is 5.91 Å². The van der Waals surface area contributed by atoms with Crippen molar-refractivity contribution in [1.82, 2.24) is 4.90 Å². The van der Waals surface area contributed by atoms with Gasteiger partial charge < -0.3 is 9.64 Å². The molecule has 0 saturated carbocycles. The Balaban J connectivity index is 2.27. The maximum atomic E-state index is 12.0. The van der Waals surface area contributed by atoms with Gasteiger partial charge in [-0.2, -0.15) is 0 Å². The van der Waals surface area contributed by atoms with Crippen LogP contribution >= 0.6 is 0 Å². The van der Waals surface area contributed by atoms with Gasteiger partial charge in [0, 0.05) is 6.54 Å². The summed E-state index contributed by atoms with van der Waals surface area (Å²) < 4.78 is 5.13. The number of ether oxygens (including phenoxy) is 1. The summed E-state index contributed by atoms with van der Waals surface area (Å²) in [5.74, 6) is -0.0458. The number of nitrogens with zero attached hydrogens (tertiary/aromatic N) is 2. The van der Waals surface area contributed by atoms with E-state index in [0.717, 1.165) is 0 Å². The molecule has 0 aromatic heterocycles. The van der Waals surface area contributed by atoms with Gasteiger partial charge in [0.15, 0.2) is 0 Å². The number of hydrogen-bond donors (Lipinski definition) is 0. The average molecular weight is 204 g/mol. The molecular weight excluding hydrogens is 192 g/mol. The Morgan fingerprint density at radius 1 is 1.47 bits per heavy atom. The van der Waals surface area contributed by atoms with Gasteiger partial charge in [-0.3, -0.25) is 9.79 Å². The minimum Gasteiger partial charge on any atom is -0.359 e. The summed E-state index contributed by atoms with van der Waals surface area (Å²) >= 11 is 0. The van der Waals surface area contributed by atoms with Crippen molar-refractivity contribution in [2.75, 3.05) is 19.9 Å². The van der Waals surface area contributed by atoms with E-state index in [4.69, 9.17) is 4.74 Å². The van der Waals surface area contributed by atoms with E-state index in [1.807, 2.05) is 12.1 Å². The van der Waals surface area contributed by atoms with E-state index in [0.29, 0.717) is 31.1 Å². The molecule has 1 heterocycles. The summed E-state index contributed by atoms with van der Waals surface area (Å²) in [4.78, 5) is 17.5. The Labute approximate surface area is 88.2 Å². The van der Waals surface area contributed by atoms with Gasteiger partial charge in [-0.25, -0.2) is 0 Å². The van der Waals surface area contributed by atoms with Crippen molar-refractivity contribution in [2.24, 2.45) is 4.99 Å². The van der Waals surface area contributed by atoms with Gasteiger partial charge in [-0.1, -0.05) is 12.1 Å². The zero-order valence-corrected chi connectivity index (χ0v) is 8.35. The van der Waals surface area contributed by atoms with E-state index in [9.17, 15) is 4.79 Å². The van der Waals surface area contributed by atoms with Crippen molar-refractivity contribution >= 4 is 18.3 Å². The second-order valence-corrected chi connectivity index (χ2v) is 3.28. The maximum absolute atomic E-state index is 12.0. The molecule has 1 aromatic rings. The lowest BCUT2D eigenvalue weighted by Gasteiger charge is -2.14. The van der Waals surface area contributed by atoms with Crippen LogP contribution < -0.4 is 0 Å². The van der Waals surface area contributed by atoms with Crippen LogP contribution in [-0.2, 0) is 4.74 Å². The van der Waals surface area contributed by atoms with Crippen LogP contribution in [0.4, 0.5) is 5.69 Å². The normalized spacial score (nSPS) is 15.3. The van der Waals surface area contributed by atoms with Crippen molar-refractivity contribution in [3.63, 3.8) is 0 Å². The molecule has 1 aliphatic heterocycles. The van der Waals surface area contributed by atoms with Crippen LogP contribution in [0.5, 0.6) is 0 Å². The van der Waals surface area contributed by atoms with Crippen molar-refractivity contribution in [3.8, 4) is 0 Å². The van der Waals surface area contributed by atoms with E-state index >= 15 is 0 Å². The average Bonchev–Trinajstić information content (AvgIpc) is 2.81. The van der Waals surface area contributed by atoms with Crippen LogP contribution in [0.25, 0.3) is 0 Å². The van der Waals surface area contributed by atoms with Crippen molar-refractivity contribution < 1.29 is 9.53 Å². The Morgan fingerprint density at radius 2 is 2.27 bits per heavy atom. The lowest BCUT2D eigenvalue weighted by Crippen LogP contribution is -2.28. The van der Waals surface area contributed by atoms with Crippen LogP contribution in [0.1, 0.15) is 10.4 Å². The highest BCUT2D eigenvalue weighted by Crippen LogP contribution is 2.20. The third-order valence-corrected chi connectivity index (χ3v) is 2.34. The summed E-state index contributed by atoms with van der Waals surface area (Å²) in [5, 5.41) is 0. The minimum absolute atomic E-state index is 0.0458. The molecule has 0 aliphatic carbocycles. The Kier molecular flexibility index (Phi) is 2.78. The number of benzene rings is 1. The highest BCUT2D eigenvalue weighted by atomic mass is 16.5.